The molecule has 3 atom stereocenters. The van der Waals surface area contributed by atoms with Crippen LogP contribution in [0.4, 0.5) is 0 Å². The standard InChI is InChI=1S/C18H27N3O2S/c1-12-7-6-9-15(13(12)2)19-18(24)21-20-17(22)11-14-8-4-5-10-16(14)23-3/h4-5,8,10,12-13,15H,6-7,9,11H2,1-3H3,(H,20,22)(H2,19,21,24)/t12-,13-,15+/m1/s1. The second-order valence-corrected chi connectivity index (χ2v) is 6.92. The number of nitrogens with one attached hydrogen (secondary N) is 3. The van der Waals surface area contributed by atoms with Crippen molar-refractivity contribution < 1.29 is 9.53 Å². The Hall–Kier alpha value is -1.82. The lowest BCUT2D eigenvalue weighted by molar-refractivity contribution is -0.121. The van der Waals surface area contributed by atoms with Crippen LogP contribution in [-0.2, 0) is 11.2 Å². The highest BCUT2D eigenvalue weighted by atomic mass is 32.1. The van der Waals surface area contributed by atoms with Gasteiger partial charge < -0.3 is 10.1 Å². The minimum atomic E-state index is -0.159. The SMILES string of the molecule is COc1ccccc1CC(=O)NNC(=S)N[C@H]1CCC[C@@H](C)[C@H]1C. The summed E-state index contributed by atoms with van der Waals surface area (Å²) in [5.74, 6) is 1.81. The first-order valence-corrected chi connectivity index (χ1v) is 8.89. The van der Waals surface area contributed by atoms with Gasteiger partial charge in [-0.25, -0.2) is 0 Å². The molecular formula is C18H27N3O2S. The van der Waals surface area contributed by atoms with Crippen LogP contribution in [0.1, 0.15) is 38.7 Å². The van der Waals surface area contributed by atoms with Crippen molar-refractivity contribution >= 4 is 23.2 Å². The van der Waals surface area contributed by atoms with Crippen molar-refractivity contribution in [2.24, 2.45) is 11.8 Å². The molecule has 0 radical (unpaired) electrons. The summed E-state index contributed by atoms with van der Waals surface area (Å²) in [6.07, 6.45) is 3.83. The number of carbonyl (C=O) groups is 1. The highest BCUT2D eigenvalue weighted by Crippen LogP contribution is 2.29. The van der Waals surface area contributed by atoms with Gasteiger partial charge in [0.05, 0.1) is 13.5 Å². The third-order valence-electron chi connectivity index (χ3n) is 4.88. The predicted molar refractivity (Wildman–Crippen MR) is 99.7 cm³/mol. The molecule has 132 valence electrons. The minimum absolute atomic E-state index is 0.159. The predicted octanol–water partition coefficient (Wildman–Crippen LogP) is 2.56. The number of hydrogen-bond donors (Lipinski definition) is 3. The number of rotatable bonds is 4. The summed E-state index contributed by atoms with van der Waals surface area (Å²) in [6, 6.07) is 7.84. The minimum Gasteiger partial charge on any atom is -0.496 e. The van der Waals surface area contributed by atoms with E-state index in [0.29, 0.717) is 28.7 Å². The Morgan fingerprint density at radius 2 is 2.00 bits per heavy atom. The van der Waals surface area contributed by atoms with Crippen molar-refractivity contribution in [2.75, 3.05) is 7.11 Å². The summed E-state index contributed by atoms with van der Waals surface area (Å²) in [5.41, 5.74) is 6.29. The third kappa shape index (κ3) is 5.09. The number of amides is 1. The Bertz CT molecular complexity index is 579. The van der Waals surface area contributed by atoms with Crippen LogP contribution in [0.15, 0.2) is 24.3 Å². The van der Waals surface area contributed by atoms with E-state index in [4.69, 9.17) is 17.0 Å². The van der Waals surface area contributed by atoms with Crippen LogP contribution >= 0.6 is 12.2 Å². The van der Waals surface area contributed by atoms with Crippen LogP contribution in [0.5, 0.6) is 5.75 Å². The zero-order chi connectivity index (χ0) is 17.5. The van der Waals surface area contributed by atoms with Gasteiger partial charge in [0.15, 0.2) is 5.11 Å². The fraction of sp³-hybridized carbons (Fsp3) is 0.556. The molecule has 0 aromatic heterocycles. The van der Waals surface area contributed by atoms with Gasteiger partial charge in [-0.15, -0.1) is 0 Å². The fourth-order valence-electron chi connectivity index (χ4n) is 3.18. The first-order chi connectivity index (χ1) is 11.5. The Kier molecular flexibility index (Phi) is 6.85. The molecule has 3 N–H and O–H groups in total. The zero-order valence-electron chi connectivity index (χ0n) is 14.6. The first kappa shape index (κ1) is 18.5. The number of methoxy groups -OCH3 is 1. The summed E-state index contributed by atoms with van der Waals surface area (Å²) < 4.78 is 5.26. The molecule has 1 amide bonds. The van der Waals surface area contributed by atoms with Gasteiger partial charge in [-0.05, 0) is 36.5 Å². The molecule has 0 unspecified atom stereocenters. The maximum Gasteiger partial charge on any atom is 0.242 e. The van der Waals surface area contributed by atoms with E-state index in [1.54, 1.807) is 7.11 Å². The largest absolute Gasteiger partial charge is 0.496 e. The quantitative estimate of drug-likeness (QED) is 0.576. The molecular weight excluding hydrogens is 322 g/mol. The van der Waals surface area contributed by atoms with E-state index in [9.17, 15) is 4.79 Å². The molecule has 5 nitrogen and oxygen atoms in total. The number of hydrazine groups is 1. The van der Waals surface area contributed by atoms with E-state index >= 15 is 0 Å². The molecule has 0 spiro atoms. The highest BCUT2D eigenvalue weighted by Gasteiger charge is 2.27. The lowest BCUT2D eigenvalue weighted by Gasteiger charge is -2.35. The number of para-hydroxylation sites is 1. The molecule has 1 aliphatic carbocycles. The molecule has 24 heavy (non-hydrogen) atoms. The van der Waals surface area contributed by atoms with Gasteiger partial charge in [-0.3, -0.25) is 15.6 Å². The number of hydrogen-bond acceptors (Lipinski definition) is 3. The van der Waals surface area contributed by atoms with Gasteiger partial charge in [0, 0.05) is 11.6 Å². The molecule has 1 saturated carbocycles. The van der Waals surface area contributed by atoms with Crippen LogP contribution in [0.25, 0.3) is 0 Å². The summed E-state index contributed by atoms with van der Waals surface area (Å²) in [5, 5.41) is 3.79. The molecule has 1 fully saturated rings. The first-order valence-electron chi connectivity index (χ1n) is 8.48. The molecule has 0 heterocycles. The zero-order valence-corrected chi connectivity index (χ0v) is 15.4. The molecule has 1 aromatic rings. The number of benzene rings is 1. The molecule has 2 rings (SSSR count). The second kappa shape index (κ2) is 8.87. The van der Waals surface area contributed by atoms with Gasteiger partial charge >= 0.3 is 0 Å². The van der Waals surface area contributed by atoms with Gasteiger partial charge in [0.25, 0.3) is 0 Å². The van der Waals surface area contributed by atoms with E-state index in [1.165, 1.54) is 12.8 Å². The van der Waals surface area contributed by atoms with Crippen molar-refractivity contribution in [1.82, 2.24) is 16.2 Å². The molecule has 6 heteroatoms. The molecule has 0 bridgehead atoms. The average Bonchev–Trinajstić information content (AvgIpc) is 2.58. The van der Waals surface area contributed by atoms with E-state index in [0.717, 1.165) is 12.0 Å². The van der Waals surface area contributed by atoms with E-state index in [1.807, 2.05) is 24.3 Å². The Balaban J connectivity index is 1.78. The van der Waals surface area contributed by atoms with Crippen LogP contribution in [-0.4, -0.2) is 24.2 Å². The maximum absolute atomic E-state index is 12.1. The molecule has 0 aliphatic heterocycles. The third-order valence-corrected chi connectivity index (χ3v) is 5.10. The van der Waals surface area contributed by atoms with Crippen LogP contribution in [0.3, 0.4) is 0 Å². The van der Waals surface area contributed by atoms with Gasteiger partial charge in [-0.2, -0.15) is 0 Å². The number of ether oxygens (including phenoxy) is 1. The molecule has 1 aromatic carbocycles. The van der Waals surface area contributed by atoms with E-state index in [-0.39, 0.29) is 12.3 Å². The van der Waals surface area contributed by atoms with Gasteiger partial charge in [0.2, 0.25) is 5.91 Å². The van der Waals surface area contributed by atoms with Crippen molar-refractivity contribution in [1.29, 1.82) is 0 Å². The Morgan fingerprint density at radius 3 is 2.75 bits per heavy atom. The topological polar surface area (TPSA) is 62.4 Å². The maximum atomic E-state index is 12.1. The van der Waals surface area contributed by atoms with Crippen molar-refractivity contribution in [3.05, 3.63) is 29.8 Å². The van der Waals surface area contributed by atoms with E-state index < -0.39 is 0 Å². The second-order valence-electron chi connectivity index (χ2n) is 6.51. The van der Waals surface area contributed by atoms with E-state index in [2.05, 4.69) is 30.0 Å². The average molecular weight is 350 g/mol. The lowest BCUT2D eigenvalue weighted by Crippen LogP contribution is -2.52. The van der Waals surface area contributed by atoms with Gasteiger partial charge in [-0.1, -0.05) is 44.9 Å². The van der Waals surface area contributed by atoms with Crippen molar-refractivity contribution in [2.45, 2.75) is 45.6 Å². The highest BCUT2D eigenvalue weighted by molar-refractivity contribution is 7.80. The van der Waals surface area contributed by atoms with Crippen molar-refractivity contribution in [3.63, 3.8) is 0 Å². The lowest BCUT2D eigenvalue weighted by atomic mass is 9.78. The number of carbonyl (C=O) groups excluding carboxylic acids is 1. The summed E-state index contributed by atoms with van der Waals surface area (Å²) in [7, 11) is 1.60. The summed E-state index contributed by atoms with van der Waals surface area (Å²) in [6.45, 7) is 4.54. The Morgan fingerprint density at radius 1 is 1.25 bits per heavy atom. The fourth-order valence-corrected chi connectivity index (χ4v) is 3.39. The molecule has 0 saturated heterocycles. The smallest absolute Gasteiger partial charge is 0.242 e. The van der Waals surface area contributed by atoms with Crippen molar-refractivity contribution in [3.8, 4) is 5.75 Å². The van der Waals surface area contributed by atoms with Gasteiger partial charge in [0.1, 0.15) is 5.75 Å². The monoisotopic (exact) mass is 349 g/mol. The van der Waals surface area contributed by atoms with Crippen LogP contribution in [0.2, 0.25) is 0 Å². The molecule has 1 aliphatic rings. The normalized spacial score (nSPS) is 23.2. The summed E-state index contributed by atoms with van der Waals surface area (Å²) >= 11 is 5.30. The Labute approximate surface area is 149 Å². The number of thiocarbonyl (C=S) groups is 1. The van der Waals surface area contributed by atoms with Crippen LogP contribution in [0, 0.1) is 11.8 Å². The summed E-state index contributed by atoms with van der Waals surface area (Å²) in [4.78, 5) is 12.1. The van der Waals surface area contributed by atoms with Crippen LogP contribution < -0.4 is 20.9 Å².